The van der Waals surface area contributed by atoms with E-state index in [1.54, 1.807) is 17.2 Å². The quantitative estimate of drug-likeness (QED) is 0.445. The number of carbonyl (C=O) groups excluding carboxylic acids is 1. The number of anilines is 2. The van der Waals surface area contributed by atoms with Gasteiger partial charge >= 0.3 is 0 Å². The number of hydrogen-bond acceptors (Lipinski definition) is 8. The predicted octanol–water partition coefficient (Wildman–Crippen LogP) is 4.17. The highest BCUT2D eigenvalue weighted by atomic mass is 32.1. The van der Waals surface area contributed by atoms with Crippen molar-refractivity contribution in [3.8, 4) is 10.6 Å². The van der Waals surface area contributed by atoms with E-state index in [-0.39, 0.29) is 29.6 Å². The van der Waals surface area contributed by atoms with Gasteiger partial charge in [-0.15, -0.1) is 11.3 Å². The maximum atomic E-state index is 14.7. The molecule has 0 spiro atoms. The Hall–Kier alpha value is -3.44. The van der Waals surface area contributed by atoms with Crippen LogP contribution < -0.4 is 5.32 Å². The van der Waals surface area contributed by atoms with Crippen molar-refractivity contribution < 1.29 is 9.18 Å². The number of nitrogens with one attached hydrogen (secondary N) is 1. The zero-order valence-corrected chi connectivity index (χ0v) is 21.1. The lowest BCUT2D eigenvalue weighted by Gasteiger charge is -2.36. The maximum absolute atomic E-state index is 14.7. The summed E-state index contributed by atoms with van der Waals surface area (Å²) in [5.74, 6) is 1.22. The summed E-state index contributed by atoms with van der Waals surface area (Å²) in [6, 6.07) is 5.39. The van der Waals surface area contributed by atoms with Crippen LogP contribution in [0.4, 0.5) is 16.2 Å². The fourth-order valence-corrected chi connectivity index (χ4v) is 5.69. The normalized spacial score (nSPS) is 17.1. The van der Waals surface area contributed by atoms with Crippen molar-refractivity contribution in [2.75, 3.05) is 32.5 Å². The van der Waals surface area contributed by atoms with Gasteiger partial charge in [0.1, 0.15) is 33.7 Å². The van der Waals surface area contributed by atoms with Gasteiger partial charge in [0.05, 0.1) is 11.1 Å². The molecule has 1 unspecified atom stereocenters. The number of halogens is 1. The fraction of sp³-hybridized carbons (Fsp3) is 0.375. The van der Waals surface area contributed by atoms with E-state index in [0.29, 0.717) is 17.2 Å². The van der Waals surface area contributed by atoms with Crippen molar-refractivity contribution in [1.82, 2.24) is 34.3 Å². The van der Waals surface area contributed by atoms with Crippen LogP contribution in [0.3, 0.4) is 0 Å². The number of imidazole rings is 1. The molecule has 1 fully saturated rings. The topological polar surface area (TPSA) is 92.1 Å². The van der Waals surface area contributed by atoms with Gasteiger partial charge in [0.25, 0.3) is 0 Å². The highest BCUT2D eigenvalue weighted by Crippen LogP contribution is 2.36. The van der Waals surface area contributed by atoms with Crippen molar-refractivity contribution in [2.24, 2.45) is 0 Å². The van der Waals surface area contributed by atoms with Crippen LogP contribution in [0.25, 0.3) is 20.9 Å². The second-order valence-corrected chi connectivity index (χ2v) is 10.1. The van der Waals surface area contributed by atoms with Crippen LogP contribution in [0, 0.1) is 12.7 Å². The van der Waals surface area contributed by atoms with Gasteiger partial charge in [0, 0.05) is 32.4 Å². The van der Waals surface area contributed by atoms with Gasteiger partial charge in [-0.25, -0.2) is 24.3 Å². The molecule has 1 aliphatic heterocycles. The number of amides is 1. The van der Waals surface area contributed by atoms with Gasteiger partial charge < -0.3 is 14.8 Å². The molecule has 0 radical (unpaired) electrons. The van der Waals surface area contributed by atoms with Crippen molar-refractivity contribution >= 4 is 39.4 Å². The zero-order valence-electron chi connectivity index (χ0n) is 20.3. The number of fused-ring (bicyclic) bond motifs is 1. The van der Waals surface area contributed by atoms with Gasteiger partial charge in [-0.2, -0.15) is 0 Å². The number of hydrogen-bond donors (Lipinski definition) is 1. The molecule has 0 aromatic carbocycles. The van der Waals surface area contributed by atoms with E-state index in [1.807, 2.05) is 38.1 Å². The highest BCUT2D eigenvalue weighted by Gasteiger charge is 2.32. The molecule has 11 heteroatoms. The number of carbonyl (C=O) groups is 1. The first-order chi connectivity index (χ1) is 16.7. The molecule has 1 amide bonds. The number of nitrogens with zero attached hydrogens (tertiary/aromatic N) is 7. The number of rotatable bonds is 5. The van der Waals surface area contributed by atoms with Gasteiger partial charge in [0.15, 0.2) is 5.82 Å². The Morgan fingerprint density at radius 2 is 1.94 bits per heavy atom. The SMILES string of the molecule is Cc1nc2cc(-c3nc(Nc4ccc(C5C(=O)N(C)CCN5C)cn4)ncc3F)sc2n1C(C)C. The van der Waals surface area contributed by atoms with Crippen LogP contribution in [0.1, 0.15) is 37.3 Å². The minimum Gasteiger partial charge on any atom is -0.343 e. The Morgan fingerprint density at radius 3 is 2.66 bits per heavy atom. The largest absolute Gasteiger partial charge is 0.343 e. The van der Waals surface area contributed by atoms with E-state index in [4.69, 9.17) is 0 Å². The first kappa shape index (κ1) is 23.3. The molecule has 0 saturated carbocycles. The van der Waals surface area contributed by atoms with Crippen LogP contribution >= 0.6 is 11.3 Å². The molecule has 182 valence electrons. The Kier molecular flexibility index (Phi) is 5.97. The molecule has 1 aliphatic rings. The Labute approximate surface area is 206 Å². The maximum Gasteiger partial charge on any atom is 0.244 e. The van der Waals surface area contributed by atoms with E-state index in [2.05, 4.69) is 43.7 Å². The summed E-state index contributed by atoms with van der Waals surface area (Å²) >= 11 is 1.46. The van der Waals surface area contributed by atoms with Crippen LogP contribution in [-0.4, -0.2) is 67.4 Å². The third-order valence-corrected chi connectivity index (χ3v) is 7.35. The molecule has 9 nitrogen and oxygen atoms in total. The molecule has 5 rings (SSSR count). The highest BCUT2D eigenvalue weighted by molar-refractivity contribution is 7.21. The van der Waals surface area contributed by atoms with Crippen molar-refractivity contribution in [2.45, 2.75) is 32.9 Å². The molecular formula is C24H27FN8OS. The van der Waals surface area contributed by atoms with Crippen molar-refractivity contribution in [3.63, 3.8) is 0 Å². The van der Waals surface area contributed by atoms with E-state index < -0.39 is 5.82 Å². The average Bonchev–Trinajstić information content (AvgIpc) is 3.35. The molecule has 1 atom stereocenters. The Bertz CT molecular complexity index is 1400. The summed E-state index contributed by atoms with van der Waals surface area (Å²) < 4.78 is 16.8. The number of piperazine rings is 1. The molecule has 0 aliphatic carbocycles. The second kappa shape index (κ2) is 8.97. The average molecular weight is 495 g/mol. The lowest BCUT2D eigenvalue weighted by molar-refractivity contribution is -0.139. The fourth-order valence-electron chi connectivity index (χ4n) is 4.42. The Balaban J connectivity index is 1.40. The van der Waals surface area contributed by atoms with Gasteiger partial charge in [-0.1, -0.05) is 6.07 Å². The third-order valence-electron chi connectivity index (χ3n) is 6.22. The molecule has 4 aromatic heterocycles. The minimum atomic E-state index is -0.501. The molecule has 1 saturated heterocycles. The smallest absolute Gasteiger partial charge is 0.244 e. The predicted molar refractivity (Wildman–Crippen MR) is 134 cm³/mol. The molecule has 4 aromatic rings. The summed E-state index contributed by atoms with van der Waals surface area (Å²) in [5.41, 5.74) is 1.86. The zero-order chi connectivity index (χ0) is 24.9. The van der Waals surface area contributed by atoms with Crippen LogP contribution in [0.15, 0.2) is 30.6 Å². The molecular weight excluding hydrogens is 467 g/mol. The van der Waals surface area contributed by atoms with Gasteiger partial charge in [-0.05, 0) is 45.5 Å². The number of aromatic nitrogens is 5. The first-order valence-electron chi connectivity index (χ1n) is 11.4. The standard InChI is InChI=1S/C24H27FN8OS/c1-13(2)33-14(3)28-17-10-18(35-23(17)33)20-16(25)12-27-24(30-20)29-19-7-6-15(11-26-19)21-22(34)32(5)9-8-31(21)4/h6-7,10-13,21H,8-9H2,1-5H3,(H,26,27,29,30). The van der Waals surface area contributed by atoms with Crippen molar-refractivity contribution in [1.29, 1.82) is 0 Å². The van der Waals surface area contributed by atoms with E-state index in [9.17, 15) is 9.18 Å². The molecule has 5 heterocycles. The van der Waals surface area contributed by atoms with Crippen molar-refractivity contribution in [3.05, 3.63) is 47.8 Å². The monoisotopic (exact) mass is 494 g/mol. The third kappa shape index (κ3) is 4.25. The number of aryl methyl sites for hydroxylation is 1. The van der Waals surface area contributed by atoms with Crippen LogP contribution in [0.5, 0.6) is 0 Å². The summed E-state index contributed by atoms with van der Waals surface area (Å²) in [6.45, 7) is 7.67. The van der Waals surface area contributed by atoms with Crippen LogP contribution in [0.2, 0.25) is 0 Å². The van der Waals surface area contributed by atoms with Gasteiger partial charge in [-0.3, -0.25) is 9.69 Å². The first-order valence-corrected chi connectivity index (χ1v) is 12.2. The summed E-state index contributed by atoms with van der Waals surface area (Å²) in [7, 11) is 3.74. The second-order valence-electron chi connectivity index (χ2n) is 9.06. The molecule has 0 bridgehead atoms. The van der Waals surface area contributed by atoms with E-state index in [0.717, 1.165) is 34.5 Å². The Morgan fingerprint density at radius 1 is 1.14 bits per heavy atom. The summed E-state index contributed by atoms with van der Waals surface area (Å²) in [6.07, 6.45) is 2.83. The number of likely N-dealkylation sites (N-methyl/N-ethyl adjacent to an activating group) is 2. The lowest BCUT2D eigenvalue weighted by Crippen LogP contribution is -2.49. The lowest BCUT2D eigenvalue weighted by atomic mass is 10.0. The van der Waals surface area contributed by atoms with E-state index >= 15 is 0 Å². The number of pyridine rings is 1. The summed E-state index contributed by atoms with van der Waals surface area (Å²) in [5, 5.41) is 3.04. The number of thiophene rings is 1. The molecule has 35 heavy (non-hydrogen) atoms. The van der Waals surface area contributed by atoms with Gasteiger partial charge in [0.2, 0.25) is 11.9 Å². The molecule has 1 N–H and O–H groups in total. The van der Waals surface area contributed by atoms with E-state index in [1.165, 1.54) is 11.3 Å². The van der Waals surface area contributed by atoms with Crippen LogP contribution in [-0.2, 0) is 4.79 Å². The summed E-state index contributed by atoms with van der Waals surface area (Å²) in [4.78, 5) is 35.6. The minimum absolute atomic E-state index is 0.0474.